The number of aryl methyl sites for hydroxylation is 2. The van der Waals surface area contributed by atoms with Gasteiger partial charge in [-0.15, -0.1) is 0 Å². The average molecular weight is 362 g/mol. The first-order chi connectivity index (χ1) is 13.7. The van der Waals surface area contributed by atoms with Crippen LogP contribution in [0.25, 0.3) is 54.9 Å². The Morgan fingerprint density at radius 1 is 0.643 bits per heavy atom. The molecule has 0 fully saturated rings. The van der Waals surface area contributed by atoms with Gasteiger partial charge in [0.25, 0.3) is 0 Å². The first kappa shape index (κ1) is 15.4. The van der Waals surface area contributed by atoms with E-state index in [1.54, 1.807) is 0 Å². The van der Waals surface area contributed by atoms with Gasteiger partial charge in [-0.25, -0.2) is 0 Å². The van der Waals surface area contributed by atoms with Crippen LogP contribution in [0.1, 0.15) is 0 Å². The SMILES string of the molecule is Cn1c2ccccc2c2cc(-c3cc4c(cn3)c3cnccc3n4C)ccc21. The molecule has 0 aliphatic carbocycles. The number of fused-ring (bicyclic) bond motifs is 6. The third kappa shape index (κ3) is 1.94. The lowest BCUT2D eigenvalue weighted by molar-refractivity contribution is 1.01. The molecule has 2 aromatic carbocycles. The fraction of sp³-hybridized carbons (Fsp3) is 0.0833. The first-order valence-corrected chi connectivity index (χ1v) is 9.38. The Labute approximate surface area is 161 Å². The lowest BCUT2D eigenvalue weighted by atomic mass is 10.1. The maximum absolute atomic E-state index is 4.79. The second-order valence-electron chi connectivity index (χ2n) is 7.35. The number of pyridine rings is 2. The number of aromatic nitrogens is 4. The van der Waals surface area contributed by atoms with E-state index in [-0.39, 0.29) is 0 Å². The van der Waals surface area contributed by atoms with Crippen molar-refractivity contribution in [1.29, 1.82) is 0 Å². The fourth-order valence-electron chi connectivity index (χ4n) is 4.43. The van der Waals surface area contributed by atoms with Crippen LogP contribution in [0.5, 0.6) is 0 Å². The molecule has 6 rings (SSSR count). The van der Waals surface area contributed by atoms with Crippen molar-refractivity contribution in [3.63, 3.8) is 0 Å². The van der Waals surface area contributed by atoms with E-state index in [9.17, 15) is 0 Å². The van der Waals surface area contributed by atoms with Crippen LogP contribution in [0.15, 0.2) is 73.2 Å². The summed E-state index contributed by atoms with van der Waals surface area (Å²) in [6.07, 6.45) is 5.73. The summed E-state index contributed by atoms with van der Waals surface area (Å²) in [6, 6.07) is 19.4. The molecule has 6 aromatic rings. The summed E-state index contributed by atoms with van der Waals surface area (Å²) in [4.78, 5) is 9.07. The van der Waals surface area contributed by atoms with Gasteiger partial charge >= 0.3 is 0 Å². The van der Waals surface area contributed by atoms with Gasteiger partial charge in [0.1, 0.15) is 0 Å². The van der Waals surface area contributed by atoms with Crippen molar-refractivity contribution in [3.8, 4) is 11.3 Å². The van der Waals surface area contributed by atoms with E-state index in [1.165, 1.54) is 32.8 Å². The predicted octanol–water partition coefficient (Wildman–Crippen LogP) is 5.43. The van der Waals surface area contributed by atoms with Crippen molar-refractivity contribution in [3.05, 3.63) is 73.2 Å². The van der Waals surface area contributed by atoms with Crippen molar-refractivity contribution in [2.75, 3.05) is 0 Å². The van der Waals surface area contributed by atoms with Gasteiger partial charge in [0, 0.05) is 70.8 Å². The molecule has 4 heterocycles. The number of nitrogens with zero attached hydrogens (tertiary/aromatic N) is 4. The van der Waals surface area contributed by atoms with Crippen molar-refractivity contribution >= 4 is 43.6 Å². The summed E-state index contributed by atoms with van der Waals surface area (Å²) >= 11 is 0. The van der Waals surface area contributed by atoms with Crippen molar-refractivity contribution < 1.29 is 0 Å². The molecule has 4 heteroatoms. The number of para-hydroxylation sites is 1. The predicted molar refractivity (Wildman–Crippen MR) is 115 cm³/mol. The Morgan fingerprint density at radius 3 is 2.32 bits per heavy atom. The molecule has 4 aromatic heterocycles. The van der Waals surface area contributed by atoms with Crippen molar-refractivity contribution in [1.82, 2.24) is 19.1 Å². The third-order valence-corrected chi connectivity index (χ3v) is 5.90. The molecule has 0 unspecified atom stereocenters. The van der Waals surface area contributed by atoms with Crippen molar-refractivity contribution in [2.45, 2.75) is 0 Å². The van der Waals surface area contributed by atoms with Gasteiger partial charge in [0.2, 0.25) is 0 Å². The zero-order valence-corrected chi connectivity index (χ0v) is 15.7. The van der Waals surface area contributed by atoms with Gasteiger partial charge in [-0.2, -0.15) is 0 Å². The summed E-state index contributed by atoms with van der Waals surface area (Å²) in [6.45, 7) is 0. The van der Waals surface area contributed by atoms with Crippen LogP contribution in [0.3, 0.4) is 0 Å². The second-order valence-corrected chi connectivity index (χ2v) is 7.35. The molecule has 0 saturated heterocycles. The minimum Gasteiger partial charge on any atom is -0.344 e. The van der Waals surface area contributed by atoms with E-state index in [2.05, 4.69) is 82.8 Å². The van der Waals surface area contributed by atoms with Crippen LogP contribution < -0.4 is 0 Å². The average Bonchev–Trinajstić information content (AvgIpc) is 3.20. The van der Waals surface area contributed by atoms with E-state index in [1.807, 2.05) is 18.6 Å². The molecule has 134 valence electrons. The Hall–Kier alpha value is -3.66. The molecule has 0 bridgehead atoms. The Morgan fingerprint density at radius 2 is 1.39 bits per heavy atom. The quantitative estimate of drug-likeness (QED) is 0.391. The standard InChI is InChI=1S/C24H18N4/c1-27-21-6-4-3-5-16(21)17-11-15(7-8-22(17)27)20-12-24-19(14-26-20)18-13-25-10-9-23(18)28(24)2/h3-14H,1-2H3. The Kier molecular flexibility index (Phi) is 2.98. The van der Waals surface area contributed by atoms with Crippen molar-refractivity contribution in [2.24, 2.45) is 14.1 Å². The van der Waals surface area contributed by atoms with Crippen LogP contribution in [-0.4, -0.2) is 19.1 Å². The van der Waals surface area contributed by atoms with Gasteiger partial charge in [-0.3, -0.25) is 9.97 Å². The highest BCUT2D eigenvalue weighted by molar-refractivity contribution is 6.10. The molecule has 0 atom stereocenters. The van der Waals surface area contributed by atoms with Crippen LogP contribution in [0.4, 0.5) is 0 Å². The van der Waals surface area contributed by atoms with Crippen LogP contribution in [0.2, 0.25) is 0 Å². The molecule has 0 spiro atoms. The Balaban J connectivity index is 1.62. The molecule has 0 N–H and O–H groups in total. The smallest absolute Gasteiger partial charge is 0.0723 e. The summed E-state index contributed by atoms with van der Waals surface area (Å²) in [7, 11) is 4.22. The maximum Gasteiger partial charge on any atom is 0.0723 e. The van der Waals surface area contributed by atoms with Crippen LogP contribution in [-0.2, 0) is 14.1 Å². The lowest BCUT2D eigenvalue weighted by Crippen LogP contribution is -1.89. The molecule has 0 radical (unpaired) electrons. The summed E-state index contributed by atoms with van der Waals surface area (Å²) < 4.78 is 4.47. The molecule has 28 heavy (non-hydrogen) atoms. The van der Waals surface area contributed by atoms with Gasteiger partial charge < -0.3 is 9.13 Å². The summed E-state index contributed by atoms with van der Waals surface area (Å²) in [5.41, 5.74) is 6.95. The van der Waals surface area contributed by atoms with Gasteiger partial charge in [-0.1, -0.05) is 24.3 Å². The molecular weight excluding hydrogens is 344 g/mol. The molecule has 0 amide bonds. The maximum atomic E-state index is 4.79. The highest BCUT2D eigenvalue weighted by Gasteiger charge is 2.12. The largest absolute Gasteiger partial charge is 0.344 e. The normalized spacial score (nSPS) is 11.9. The van der Waals surface area contributed by atoms with E-state index in [4.69, 9.17) is 4.98 Å². The Bertz CT molecular complexity index is 1540. The van der Waals surface area contributed by atoms with E-state index in [0.29, 0.717) is 0 Å². The lowest BCUT2D eigenvalue weighted by Gasteiger charge is -2.04. The molecule has 0 aliphatic heterocycles. The van der Waals surface area contributed by atoms with Crippen LogP contribution >= 0.6 is 0 Å². The second kappa shape index (κ2) is 5.42. The number of rotatable bonds is 1. The third-order valence-electron chi connectivity index (χ3n) is 5.90. The van der Waals surface area contributed by atoms with E-state index < -0.39 is 0 Å². The topological polar surface area (TPSA) is 35.6 Å². The summed E-state index contributed by atoms with van der Waals surface area (Å²) in [5.74, 6) is 0. The number of benzene rings is 2. The monoisotopic (exact) mass is 362 g/mol. The first-order valence-electron chi connectivity index (χ1n) is 9.38. The summed E-state index contributed by atoms with van der Waals surface area (Å²) in [5, 5.41) is 4.82. The number of hydrogen-bond donors (Lipinski definition) is 0. The minimum atomic E-state index is 0.987. The van der Waals surface area contributed by atoms with Crippen LogP contribution in [0, 0.1) is 0 Å². The minimum absolute atomic E-state index is 0.987. The van der Waals surface area contributed by atoms with E-state index >= 15 is 0 Å². The molecule has 0 saturated carbocycles. The molecule has 4 nitrogen and oxygen atoms in total. The zero-order chi connectivity index (χ0) is 18.8. The molecular formula is C24H18N4. The molecule has 0 aliphatic rings. The van der Waals surface area contributed by atoms with Gasteiger partial charge in [0.15, 0.2) is 0 Å². The van der Waals surface area contributed by atoms with Gasteiger partial charge in [0.05, 0.1) is 16.7 Å². The zero-order valence-electron chi connectivity index (χ0n) is 15.7. The number of hydrogen-bond acceptors (Lipinski definition) is 2. The highest BCUT2D eigenvalue weighted by atomic mass is 14.9. The fourth-order valence-corrected chi connectivity index (χ4v) is 4.43. The van der Waals surface area contributed by atoms with E-state index in [0.717, 1.165) is 22.0 Å². The highest BCUT2D eigenvalue weighted by Crippen LogP contribution is 2.33. The van der Waals surface area contributed by atoms with Gasteiger partial charge in [-0.05, 0) is 30.3 Å².